The number of sulfonamides is 1. The highest BCUT2D eigenvalue weighted by Crippen LogP contribution is 2.01. The predicted molar refractivity (Wildman–Crippen MR) is 76.9 cm³/mol. The Bertz CT molecular complexity index is 394. The van der Waals surface area contributed by atoms with E-state index in [2.05, 4.69) is 10.6 Å². The SMILES string of the molecule is CCN(CCCNC(=O)CC1CNCCO1)S(C)(=O)=O. The van der Waals surface area contributed by atoms with Crippen LogP contribution in [0.25, 0.3) is 0 Å². The van der Waals surface area contributed by atoms with E-state index in [1.54, 1.807) is 6.92 Å². The minimum atomic E-state index is -3.15. The summed E-state index contributed by atoms with van der Waals surface area (Å²) in [4.78, 5) is 11.7. The number of nitrogens with one attached hydrogen (secondary N) is 2. The third-order valence-electron chi connectivity index (χ3n) is 3.15. The van der Waals surface area contributed by atoms with Crippen molar-refractivity contribution in [2.75, 3.05) is 45.6 Å². The second kappa shape index (κ2) is 8.56. The van der Waals surface area contributed by atoms with Crippen LogP contribution in [0.2, 0.25) is 0 Å². The van der Waals surface area contributed by atoms with Crippen LogP contribution in [0.15, 0.2) is 0 Å². The van der Waals surface area contributed by atoms with E-state index < -0.39 is 10.0 Å². The summed E-state index contributed by atoms with van der Waals surface area (Å²) in [5, 5.41) is 5.96. The fourth-order valence-corrected chi connectivity index (χ4v) is 3.00. The molecule has 0 radical (unpaired) electrons. The molecule has 1 atom stereocenters. The number of nitrogens with zero attached hydrogens (tertiary/aromatic N) is 1. The van der Waals surface area contributed by atoms with Crippen molar-refractivity contribution < 1.29 is 17.9 Å². The van der Waals surface area contributed by atoms with Crippen molar-refractivity contribution in [3.8, 4) is 0 Å². The van der Waals surface area contributed by atoms with Gasteiger partial charge in [0.05, 0.1) is 25.4 Å². The molecule has 0 saturated carbocycles. The zero-order valence-corrected chi connectivity index (χ0v) is 13.0. The van der Waals surface area contributed by atoms with Gasteiger partial charge in [0.1, 0.15) is 0 Å². The van der Waals surface area contributed by atoms with Crippen LogP contribution in [0.3, 0.4) is 0 Å². The average molecular weight is 307 g/mol. The molecule has 20 heavy (non-hydrogen) atoms. The Morgan fingerprint density at radius 3 is 2.80 bits per heavy atom. The summed E-state index contributed by atoms with van der Waals surface area (Å²) >= 11 is 0. The average Bonchev–Trinajstić information content (AvgIpc) is 2.38. The number of rotatable bonds is 8. The highest BCUT2D eigenvalue weighted by Gasteiger charge is 2.17. The van der Waals surface area contributed by atoms with Crippen LogP contribution in [-0.2, 0) is 19.6 Å². The van der Waals surface area contributed by atoms with E-state index in [0.29, 0.717) is 45.6 Å². The second-order valence-electron chi connectivity index (χ2n) is 4.86. The fraction of sp³-hybridized carbons (Fsp3) is 0.917. The van der Waals surface area contributed by atoms with E-state index in [4.69, 9.17) is 4.74 Å². The smallest absolute Gasteiger partial charge is 0.222 e. The number of morpholine rings is 1. The zero-order chi connectivity index (χ0) is 15.0. The molecular formula is C12H25N3O4S. The van der Waals surface area contributed by atoms with Crippen LogP contribution in [0.5, 0.6) is 0 Å². The number of hydrogen-bond donors (Lipinski definition) is 2. The van der Waals surface area contributed by atoms with Gasteiger partial charge in [0, 0.05) is 32.7 Å². The van der Waals surface area contributed by atoms with Crippen LogP contribution < -0.4 is 10.6 Å². The molecule has 1 unspecified atom stereocenters. The molecule has 0 aliphatic carbocycles. The molecule has 0 spiro atoms. The van der Waals surface area contributed by atoms with Crippen LogP contribution >= 0.6 is 0 Å². The molecule has 2 N–H and O–H groups in total. The van der Waals surface area contributed by atoms with Gasteiger partial charge in [-0.2, -0.15) is 0 Å². The molecule has 0 aromatic rings. The molecule has 1 aliphatic rings. The molecule has 1 rings (SSSR count). The standard InChI is InChI=1S/C12H25N3O4S/c1-3-15(20(2,17)18)7-4-5-14-12(16)9-11-10-13-6-8-19-11/h11,13H,3-10H2,1-2H3,(H,14,16). The number of ether oxygens (including phenoxy) is 1. The van der Waals surface area contributed by atoms with E-state index in [-0.39, 0.29) is 12.0 Å². The normalized spacial score (nSPS) is 20.1. The van der Waals surface area contributed by atoms with Crippen molar-refractivity contribution in [3.05, 3.63) is 0 Å². The van der Waals surface area contributed by atoms with Crippen molar-refractivity contribution in [2.45, 2.75) is 25.9 Å². The summed E-state index contributed by atoms with van der Waals surface area (Å²) in [5.41, 5.74) is 0. The van der Waals surface area contributed by atoms with Crippen molar-refractivity contribution >= 4 is 15.9 Å². The lowest BCUT2D eigenvalue weighted by Crippen LogP contribution is -2.41. The van der Waals surface area contributed by atoms with Crippen LogP contribution in [0.1, 0.15) is 19.8 Å². The molecular weight excluding hydrogens is 282 g/mol. The van der Waals surface area contributed by atoms with E-state index in [9.17, 15) is 13.2 Å². The van der Waals surface area contributed by atoms with Gasteiger partial charge in [0.2, 0.25) is 15.9 Å². The lowest BCUT2D eigenvalue weighted by molar-refractivity contribution is -0.124. The maximum absolute atomic E-state index is 11.7. The first-order valence-corrected chi connectivity index (χ1v) is 8.82. The Morgan fingerprint density at radius 2 is 2.25 bits per heavy atom. The maximum Gasteiger partial charge on any atom is 0.222 e. The highest BCUT2D eigenvalue weighted by atomic mass is 32.2. The number of amides is 1. The maximum atomic E-state index is 11.7. The first-order valence-electron chi connectivity index (χ1n) is 6.97. The molecule has 0 bridgehead atoms. The van der Waals surface area contributed by atoms with Crippen LogP contribution in [0, 0.1) is 0 Å². The van der Waals surface area contributed by atoms with Crippen molar-refractivity contribution in [2.24, 2.45) is 0 Å². The zero-order valence-electron chi connectivity index (χ0n) is 12.2. The number of carbonyl (C=O) groups excluding carboxylic acids is 1. The number of carbonyl (C=O) groups is 1. The van der Waals surface area contributed by atoms with Crippen LogP contribution in [-0.4, -0.2) is 70.3 Å². The van der Waals surface area contributed by atoms with E-state index in [1.807, 2.05) is 0 Å². The Labute approximate surface area is 121 Å². The van der Waals surface area contributed by atoms with Gasteiger partial charge in [0.25, 0.3) is 0 Å². The molecule has 8 heteroatoms. The van der Waals surface area contributed by atoms with Gasteiger partial charge in [0.15, 0.2) is 0 Å². The topological polar surface area (TPSA) is 87.7 Å². The first kappa shape index (κ1) is 17.4. The molecule has 0 aromatic heterocycles. The van der Waals surface area contributed by atoms with Crippen molar-refractivity contribution in [3.63, 3.8) is 0 Å². The Hall–Kier alpha value is -0.700. The van der Waals surface area contributed by atoms with E-state index in [1.165, 1.54) is 10.6 Å². The lowest BCUT2D eigenvalue weighted by Gasteiger charge is -2.23. The fourth-order valence-electron chi connectivity index (χ4n) is 2.07. The third-order valence-corrected chi connectivity index (χ3v) is 4.52. The molecule has 1 heterocycles. The lowest BCUT2D eigenvalue weighted by atomic mass is 10.2. The summed E-state index contributed by atoms with van der Waals surface area (Å²) in [6.07, 6.45) is 2.09. The molecule has 1 saturated heterocycles. The Kier molecular flexibility index (Phi) is 7.42. The third kappa shape index (κ3) is 6.65. The van der Waals surface area contributed by atoms with Gasteiger partial charge in [-0.25, -0.2) is 12.7 Å². The highest BCUT2D eigenvalue weighted by molar-refractivity contribution is 7.88. The summed E-state index contributed by atoms with van der Waals surface area (Å²) in [6.45, 7) is 5.32. The molecule has 1 amide bonds. The molecule has 1 aliphatic heterocycles. The molecule has 7 nitrogen and oxygen atoms in total. The largest absolute Gasteiger partial charge is 0.375 e. The summed E-state index contributed by atoms with van der Waals surface area (Å²) < 4.78 is 29.6. The molecule has 0 aromatic carbocycles. The minimum Gasteiger partial charge on any atom is -0.375 e. The van der Waals surface area contributed by atoms with Gasteiger partial charge >= 0.3 is 0 Å². The van der Waals surface area contributed by atoms with Gasteiger partial charge in [-0.3, -0.25) is 4.79 Å². The van der Waals surface area contributed by atoms with Crippen molar-refractivity contribution in [1.29, 1.82) is 0 Å². The Balaban J connectivity index is 2.15. The van der Waals surface area contributed by atoms with E-state index in [0.717, 1.165) is 6.54 Å². The molecule has 1 fully saturated rings. The van der Waals surface area contributed by atoms with Crippen LogP contribution in [0.4, 0.5) is 0 Å². The second-order valence-corrected chi connectivity index (χ2v) is 6.84. The van der Waals surface area contributed by atoms with Gasteiger partial charge in [-0.1, -0.05) is 6.92 Å². The summed E-state index contributed by atoms with van der Waals surface area (Å²) in [6, 6.07) is 0. The summed E-state index contributed by atoms with van der Waals surface area (Å²) in [5.74, 6) is -0.0545. The monoisotopic (exact) mass is 307 g/mol. The quantitative estimate of drug-likeness (QED) is 0.571. The number of hydrogen-bond acceptors (Lipinski definition) is 5. The predicted octanol–water partition coefficient (Wildman–Crippen LogP) is -0.847. The first-order chi connectivity index (χ1) is 9.43. The Morgan fingerprint density at radius 1 is 1.50 bits per heavy atom. The van der Waals surface area contributed by atoms with Crippen molar-refractivity contribution in [1.82, 2.24) is 14.9 Å². The molecule has 118 valence electrons. The minimum absolute atomic E-state index is 0.0545. The summed E-state index contributed by atoms with van der Waals surface area (Å²) in [7, 11) is -3.15. The van der Waals surface area contributed by atoms with Gasteiger partial charge in [-0.15, -0.1) is 0 Å². The van der Waals surface area contributed by atoms with Gasteiger partial charge in [-0.05, 0) is 6.42 Å². The van der Waals surface area contributed by atoms with Gasteiger partial charge < -0.3 is 15.4 Å². The van der Waals surface area contributed by atoms with E-state index >= 15 is 0 Å².